The Balaban J connectivity index is 0.00000163. The van der Waals surface area contributed by atoms with Crippen molar-refractivity contribution in [3.05, 3.63) is 12.2 Å². The SMILES string of the molecule is C=C(C)C(=O)OC1CCC[Si](OC)(OC)C1(CCC)OC.O=[Si]=O. The van der Waals surface area contributed by atoms with Crippen LogP contribution in [0, 0.1) is 0 Å². The molecule has 2 atom stereocenters. The maximum atomic E-state index is 12.0. The van der Waals surface area contributed by atoms with E-state index < -0.39 is 23.1 Å². The van der Waals surface area contributed by atoms with Crippen molar-refractivity contribution in [2.45, 2.75) is 56.9 Å². The van der Waals surface area contributed by atoms with Gasteiger partial charge in [0, 0.05) is 26.9 Å². The van der Waals surface area contributed by atoms with E-state index >= 15 is 0 Å². The second kappa shape index (κ2) is 10.9. The fraction of sp³-hybridized carbons (Fsp3) is 0.800. The predicted octanol–water partition coefficient (Wildman–Crippen LogP) is 2.11. The normalized spacial score (nSPS) is 25.0. The number of rotatable bonds is 7. The number of ether oxygens (including phenoxy) is 2. The molecule has 0 aromatic rings. The number of hydrogen-bond acceptors (Lipinski definition) is 7. The first-order valence-corrected chi connectivity index (χ1v) is 10.7. The van der Waals surface area contributed by atoms with Gasteiger partial charge in [0.25, 0.3) is 0 Å². The van der Waals surface area contributed by atoms with Crippen molar-refractivity contribution >= 4 is 23.8 Å². The highest BCUT2D eigenvalue weighted by molar-refractivity contribution is 6.71. The molecule has 1 fully saturated rings. The molecule has 0 amide bonds. The summed E-state index contributed by atoms with van der Waals surface area (Å²) in [6.45, 7) is 7.38. The lowest BCUT2D eigenvalue weighted by Gasteiger charge is -2.51. The van der Waals surface area contributed by atoms with Crippen molar-refractivity contribution in [3.8, 4) is 0 Å². The van der Waals surface area contributed by atoms with Crippen LogP contribution in [-0.4, -0.2) is 56.5 Å². The molecule has 7 nitrogen and oxygen atoms in total. The van der Waals surface area contributed by atoms with Gasteiger partial charge >= 0.3 is 23.8 Å². The van der Waals surface area contributed by atoms with Crippen molar-refractivity contribution in [2.24, 2.45) is 0 Å². The van der Waals surface area contributed by atoms with Gasteiger partial charge in [0.15, 0.2) is 0 Å². The fourth-order valence-electron chi connectivity index (χ4n) is 3.34. The van der Waals surface area contributed by atoms with Crippen LogP contribution in [0.4, 0.5) is 0 Å². The van der Waals surface area contributed by atoms with Crippen molar-refractivity contribution in [2.75, 3.05) is 21.3 Å². The third-order valence-corrected chi connectivity index (χ3v) is 8.78. The van der Waals surface area contributed by atoms with E-state index in [-0.39, 0.29) is 12.1 Å². The molecule has 9 heteroatoms. The summed E-state index contributed by atoms with van der Waals surface area (Å²) >= 11 is 0. The molecular weight excluding hydrogens is 348 g/mol. The topological polar surface area (TPSA) is 88.1 Å². The molecular formula is C15H28O7Si2. The number of hydrogen-bond donors (Lipinski definition) is 0. The Morgan fingerprint density at radius 1 is 1.29 bits per heavy atom. The lowest BCUT2D eigenvalue weighted by atomic mass is 10.0. The van der Waals surface area contributed by atoms with Crippen LogP contribution in [0.5, 0.6) is 0 Å². The van der Waals surface area contributed by atoms with E-state index in [1.165, 1.54) is 0 Å². The summed E-state index contributed by atoms with van der Waals surface area (Å²) < 4.78 is 40.1. The molecule has 0 aromatic carbocycles. The highest BCUT2D eigenvalue weighted by atomic mass is 28.4. The van der Waals surface area contributed by atoms with Crippen LogP contribution in [0.25, 0.3) is 0 Å². The maximum Gasteiger partial charge on any atom is 0.549 e. The van der Waals surface area contributed by atoms with Crippen LogP contribution in [0.1, 0.15) is 39.5 Å². The zero-order valence-corrected chi connectivity index (χ0v) is 17.2. The summed E-state index contributed by atoms with van der Waals surface area (Å²) in [6, 6.07) is 0.842. The molecule has 0 radical (unpaired) electrons. The van der Waals surface area contributed by atoms with E-state index in [0.717, 1.165) is 31.7 Å². The first kappa shape index (κ1) is 23.1. The van der Waals surface area contributed by atoms with Crippen molar-refractivity contribution < 1.29 is 32.0 Å². The minimum Gasteiger partial charge on any atom is -0.456 e. The minimum atomic E-state index is -2.63. The van der Waals surface area contributed by atoms with Gasteiger partial charge in [0.05, 0.1) is 0 Å². The molecule has 0 aliphatic carbocycles. The van der Waals surface area contributed by atoms with Gasteiger partial charge < -0.3 is 18.3 Å². The summed E-state index contributed by atoms with van der Waals surface area (Å²) in [7, 11) is 0.951. The smallest absolute Gasteiger partial charge is 0.456 e. The van der Waals surface area contributed by atoms with Crippen LogP contribution in [0.2, 0.25) is 6.04 Å². The molecule has 1 heterocycles. The van der Waals surface area contributed by atoms with E-state index in [1.54, 1.807) is 28.3 Å². The number of esters is 1. The lowest BCUT2D eigenvalue weighted by molar-refractivity contribution is -0.163. The van der Waals surface area contributed by atoms with Gasteiger partial charge in [-0.1, -0.05) is 19.9 Å². The van der Waals surface area contributed by atoms with E-state index in [2.05, 4.69) is 13.5 Å². The molecule has 24 heavy (non-hydrogen) atoms. The monoisotopic (exact) mass is 376 g/mol. The zero-order valence-electron chi connectivity index (χ0n) is 15.2. The first-order chi connectivity index (χ1) is 11.3. The van der Waals surface area contributed by atoms with Gasteiger partial charge in [-0.15, -0.1) is 0 Å². The molecule has 1 aliphatic rings. The Bertz CT molecular complexity index is 459. The van der Waals surface area contributed by atoms with Crippen LogP contribution < -0.4 is 0 Å². The van der Waals surface area contributed by atoms with Gasteiger partial charge in [0.2, 0.25) is 0 Å². The highest BCUT2D eigenvalue weighted by Gasteiger charge is 2.64. The molecule has 0 aromatic heterocycles. The summed E-state index contributed by atoms with van der Waals surface area (Å²) in [4.78, 5) is 12.0. The van der Waals surface area contributed by atoms with Crippen LogP contribution >= 0.6 is 0 Å². The third-order valence-electron chi connectivity index (χ3n) is 4.38. The molecule has 0 saturated carbocycles. The summed E-state index contributed by atoms with van der Waals surface area (Å²) in [5.41, 5.74) is 0.393. The van der Waals surface area contributed by atoms with Crippen LogP contribution in [0.3, 0.4) is 0 Å². The summed E-state index contributed by atoms with van der Waals surface area (Å²) in [6.07, 6.45) is 2.94. The lowest BCUT2D eigenvalue weighted by Crippen LogP contribution is -2.71. The van der Waals surface area contributed by atoms with E-state index in [9.17, 15) is 4.79 Å². The van der Waals surface area contributed by atoms with Crippen molar-refractivity contribution in [1.29, 1.82) is 0 Å². The summed E-state index contributed by atoms with van der Waals surface area (Å²) in [5.74, 6) is -0.380. The molecule has 138 valence electrons. The second-order valence-electron chi connectivity index (χ2n) is 5.65. The predicted molar refractivity (Wildman–Crippen MR) is 90.3 cm³/mol. The molecule has 0 spiro atoms. The van der Waals surface area contributed by atoms with Crippen molar-refractivity contribution in [1.82, 2.24) is 0 Å². The van der Waals surface area contributed by atoms with Crippen LogP contribution in [-0.2, 0) is 32.0 Å². The van der Waals surface area contributed by atoms with Gasteiger partial charge in [-0.25, -0.2) is 4.79 Å². The standard InChI is InChI=1S/C15H28O5Si.O2Si/c1-7-10-15(17-4)13(20-14(16)12(2)3)9-8-11-21(15,18-5)19-6;1-3-2/h13H,2,7-11H2,1,3-6H3;. The molecule has 1 rings (SSSR count). The molecule has 1 saturated heterocycles. The van der Waals surface area contributed by atoms with Gasteiger partial charge in [0.1, 0.15) is 11.3 Å². The van der Waals surface area contributed by atoms with Crippen molar-refractivity contribution in [3.63, 3.8) is 0 Å². The zero-order chi connectivity index (χ0) is 18.8. The van der Waals surface area contributed by atoms with Gasteiger partial charge in [-0.2, -0.15) is 0 Å². The Morgan fingerprint density at radius 2 is 1.83 bits per heavy atom. The maximum absolute atomic E-state index is 12.0. The first-order valence-electron chi connectivity index (χ1n) is 7.85. The Morgan fingerprint density at radius 3 is 2.21 bits per heavy atom. The molecule has 1 aliphatic heterocycles. The Hall–Kier alpha value is -0.876. The number of carbonyl (C=O) groups excluding carboxylic acids is 1. The van der Waals surface area contributed by atoms with E-state index in [0.29, 0.717) is 5.57 Å². The molecule has 0 bridgehead atoms. The third kappa shape index (κ3) is 4.82. The Kier molecular flexibility index (Phi) is 10.5. The quantitative estimate of drug-likeness (QED) is 0.382. The van der Waals surface area contributed by atoms with Crippen LogP contribution in [0.15, 0.2) is 12.2 Å². The minimum absolute atomic E-state index is 0.355. The number of methoxy groups -OCH3 is 1. The van der Waals surface area contributed by atoms with Gasteiger partial charge in [-0.05, 0) is 32.2 Å². The summed E-state index contributed by atoms with van der Waals surface area (Å²) in [5, 5.41) is -0.672. The number of carbonyl (C=O) groups is 1. The second-order valence-corrected chi connectivity index (χ2v) is 9.49. The largest absolute Gasteiger partial charge is 0.549 e. The average Bonchev–Trinajstić information content (AvgIpc) is 2.57. The Labute approximate surface area is 146 Å². The fourth-order valence-corrected chi connectivity index (χ4v) is 7.33. The van der Waals surface area contributed by atoms with E-state index in [4.69, 9.17) is 27.2 Å². The van der Waals surface area contributed by atoms with E-state index in [1.807, 2.05) is 0 Å². The highest BCUT2D eigenvalue weighted by Crippen LogP contribution is 2.44. The molecule has 2 unspecified atom stereocenters. The van der Waals surface area contributed by atoms with Gasteiger partial charge in [-0.3, -0.25) is 8.92 Å². The average molecular weight is 377 g/mol. The molecule has 0 N–H and O–H groups in total.